The monoisotopic (exact) mass is 394 g/mol. The number of halogens is 1. The molecule has 2 aromatic rings. The molecule has 0 saturated carbocycles. The van der Waals surface area contributed by atoms with E-state index in [-0.39, 0.29) is 22.7 Å². The van der Waals surface area contributed by atoms with Gasteiger partial charge in [-0.2, -0.15) is 0 Å². The number of para-hydroxylation sites is 1. The number of rotatable bonds is 6. The molecule has 1 N–H and O–H groups in total. The Morgan fingerprint density at radius 1 is 1.29 bits per heavy atom. The Morgan fingerprint density at radius 3 is 2.58 bits per heavy atom. The van der Waals surface area contributed by atoms with Gasteiger partial charge in [-0.3, -0.25) is 14.9 Å². The van der Waals surface area contributed by atoms with Crippen molar-refractivity contribution in [1.29, 1.82) is 0 Å². The molecule has 0 heterocycles. The van der Waals surface area contributed by atoms with Crippen LogP contribution in [0.1, 0.15) is 17.3 Å². The van der Waals surface area contributed by atoms with Gasteiger partial charge in [0.1, 0.15) is 5.56 Å². The van der Waals surface area contributed by atoms with Crippen molar-refractivity contribution in [2.24, 2.45) is 0 Å². The number of amides is 1. The molecule has 7 nitrogen and oxygen atoms in total. The first kappa shape index (κ1) is 17.7. The minimum absolute atomic E-state index is 0.111. The molecule has 0 aliphatic carbocycles. The van der Waals surface area contributed by atoms with E-state index in [9.17, 15) is 14.9 Å². The van der Waals surface area contributed by atoms with Crippen LogP contribution in [0.2, 0.25) is 0 Å². The molecule has 0 aliphatic heterocycles. The molecule has 2 rings (SSSR count). The number of ether oxygens (including phenoxy) is 2. The Morgan fingerprint density at radius 2 is 2.00 bits per heavy atom. The Hall–Kier alpha value is -2.61. The molecule has 2 aromatic carbocycles. The number of carbonyl (C=O) groups excluding carboxylic acids is 1. The van der Waals surface area contributed by atoms with Crippen molar-refractivity contribution in [1.82, 2.24) is 0 Å². The number of nitrogens with one attached hydrogen (secondary N) is 1. The molecular formula is C16H15BrN2O5. The van der Waals surface area contributed by atoms with Crippen molar-refractivity contribution in [2.75, 3.05) is 19.0 Å². The number of anilines is 1. The Labute approximate surface area is 146 Å². The summed E-state index contributed by atoms with van der Waals surface area (Å²) < 4.78 is 11.1. The first-order valence-corrected chi connectivity index (χ1v) is 7.82. The van der Waals surface area contributed by atoms with Crippen LogP contribution in [0.3, 0.4) is 0 Å². The molecular weight excluding hydrogens is 380 g/mol. The fourth-order valence-electron chi connectivity index (χ4n) is 2.06. The minimum Gasteiger partial charge on any atom is -0.493 e. The summed E-state index contributed by atoms with van der Waals surface area (Å²) in [5.41, 5.74) is 0.0328. The van der Waals surface area contributed by atoms with E-state index in [0.717, 1.165) is 0 Å². The summed E-state index contributed by atoms with van der Waals surface area (Å²) in [7, 11) is 1.38. The average molecular weight is 395 g/mol. The maximum atomic E-state index is 12.5. The average Bonchev–Trinajstić information content (AvgIpc) is 2.56. The van der Waals surface area contributed by atoms with Gasteiger partial charge in [0, 0.05) is 10.5 Å². The summed E-state index contributed by atoms with van der Waals surface area (Å²) in [5.74, 6) is -0.152. The highest BCUT2D eigenvalue weighted by molar-refractivity contribution is 9.10. The summed E-state index contributed by atoms with van der Waals surface area (Å²) in [4.78, 5) is 23.2. The third kappa shape index (κ3) is 3.83. The SMILES string of the molecule is CCOc1cc(C(=O)Nc2ccccc2Br)c([N+](=O)[O-])cc1OC. The van der Waals surface area contributed by atoms with Gasteiger partial charge in [0.05, 0.1) is 30.4 Å². The summed E-state index contributed by atoms with van der Waals surface area (Å²) in [6.45, 7) is 2.10. The highest BCUT2D eigenvalue weighted by Gasteiger charge is 2.25. The highest BCUT2D eigenvalue weighted by atomic mass is 79.9. The number of nitrogens with zero attached hydrogens (tertiary/aromatic N) is 1. The molecule has 0 bridgehead atoms. The van der Waals surface area contributed by atoms with E-state index < -0.39 is 10.8 Å². The largest absolute Gasteiger partial charge is 0.493 e. The van der Waals surface area contributed by atoms with E-state index in [1.165, 1.54) is 19.2 Å². The van der Waals surface area contributed by atoms with E-state index in [0.29, 0.717) is 16.8 Å². The lowest BCUT2D eigenvalue weighted by Crippen LogP contribution is -2.15. The van der Waals surface area contributed by atoms with Crippen molar-refractivity contribution in [3.63, 3.8) is 0 Å². The van der Waals surface area contributed by atoms with Crippen LogP contribution in [0.5, 0.6) is 11.5 Å². The van der Waals surface area contributed by atoms with Crippen LogP contribution in [-0.2, 0) is 0 Å². The lowest BCUT2D eigenvalue weighted by atomic mass is 10.1. The number of carbonyl (C=O) groups is 1. The van der Waals surface area contributed by atoms with Gasteiger partial charge in [-0.15, -0.1) is 0 Å². The van der Waals surface area contributed by atoms with Crippen molar-refractivity contribution >= 4 is 33.2 Å². The number of hydrogen-bond acceptors (Lipinski definition) is 5. The van der Waals surface area contributed by atoms with Crippen molar-refractivity contribution in [3.8, 4) is 11.5 Å². The summed E-state index contributed by atoms with van der Waals surface area (Å²) in [5, 5.41) is 13.9. The summed E-state index contributed by atoms with van der Waals surface area (Å²) in [6, 6.07) is 9.47. The number of methoxy groups -OCH3 is 1. The van der Waals surface area contributed by atoms with Crippen LogP contribution in [-0.4, -0.2) is 24.5 Å². The van der Waals surface area contributed by atoms with Crippen LogP contribution in [0, 0.1) is 10.1 Å². The number of nitro benzene ring substituents is 1. The first-order chi connectivity index (χ1) is 11.5. The normalized spacial score (nSPS) is 10.1. The van der Waals surface area contributed by atoms with Gasteiger partial charge in [0.15, 0.2) is 11.5 Å². The van der Waals surface area contributed by atoms with Crippen molar-refractivity contribution in [3.05, 3.63) is 56.5 Å². The third-order valence-electron chi connectivity index (χ3n) is 3.15. The Kier molecular flexibility index (Phi) is 5.75. The summed E-state index contributed by atoms with van der Waals surface area (Å²) >= 11 is 3.31. The molecule has 0 aromatic heterocycles. The van der Waals surface area contributed by atoms with Crippen LogP contribution in [0.25, 0.3) is 0 Å². The molecule has 0 aliphatic rings. The molecule has 0 unspecified atom stereocenters. The summed E-state index contributed by atoms with van der Waals surface area (Å²) in [6.07, 6.45) is 0. The molecule has 24 heavy (non-hydrogen) atoms. The molecule has 0 atom stereocenters. The zero-order valence-electron chi connectivity index (χ0n) is 13.0. The van der Waals surface area contributed by atoms with Gasteiger partial charge in [-0.1, -0.05) is 12.1 Å². The van der Waals surface area contributed by atoms with Gasteiger partial charge < -0.3 is 14.8 Å². The van der Waals surface area contributed by atoms with Gasteiger partial charge >= 0.3 is 0 Å². The highest BCUT2D eigenvalue weighted by Crippen LogP contribution is 2.35. The fourth-order valence-corrected chi connectivity index (χ4v) is 2.45. The molecule has 8 heteroatoms. The van der Waals surface area contributed by atoms with E-state index in [1.807, 2.05) is 0 Å². The van der Waals surface area contributed by atoms with Crippen LogP contribution >= 0.6 is 15.9 Å². The zero-order chi connectivity index (χ0) is 17.7. The van der Waals surface area contributed by atoms with E-state index in [1.54, 1.807) is 31.2 Å². The zero-order valence-corrected chi connectivity index (χ0v) is 14.6. The van der Waals surface area contributed by atoms with Crippen molar-refractivity contribution in [2.45, 2.75) is 6.92 Å². The van der Waals surface area contributed by atoms with Crippen LogP contribution in [0.15, 0.2) is 40.9 Å². The second kappa shape index (κ2) is 7.78. The number of nitro groups is 1. The molecule has 0 fully saturated rings. The van der Waals surface area contributed by atoms with E-state index >= 15 is 0 Å². The maximum Gasteiger partial charge on any atom is 0.286 e. The van der Waals surface area contributed by atoms with Crippen molar-refractivity contribution < 1.29 is 19.2 Å². The minimum atomic E-state index is -0.632. The first-order valence-electron chi connectivity index (χ1n) is 7.03. The van der Waals surface area contributed by atoms with E-state index in [4.69, 9.17) is 9.47 Å². The van der Waals surface area contributed by atoms with E-state index in [2.05, 4.69) is 21.2 Å². The Bertz CT molecular complexity index is 779. The molecule has 0 spiro atoms. The number of benzene rings is 2. The molecule has 1 amide bonds. The predicted octanol–water partition coefficient (Wildman–Crippen LogP) is 4.02. The lowest BCUT2D eigenvalue weighted by Gasteiger charge is -2.12. The predicted molar refractivity (Wildman–Crippen MR) is 92.9 cm³/mol. The lowest BCUT2D eigenvalue weighted by molar-refractivity contribution is -0.385. The third-order valence-corrected chi connectivity index (χ3v) is 3.84. The van der Waals surface area contributed by atoms with Gasteiger partial charge in [-0.25, -0.2) is 0 Å². The Balaban J connectivity index is 2.46. The van der Waals surface area contributed by atoms with Crippen LogP contribution < -0.4 is 14.8 Å². The topological polar surface area (TPSA) is 90.7 Å². The number of hydrogen-bond donors (Lipinski definition) is 1. The standard InChI is InChI=1S/C16H15BrN2O5/c1-3-24-15-8-10(13(19(21)22)9-14(15)23-2)16(20)18-12-7-5-4-6-11(12)17/h4-9H,3H2,1-2H3,(H,18,20). The fraction of sp³-hybridized carbons (Fsp3) is 0.188. The van der Waals surface area contributed by atoms with Gasteiger partial charge in [0.2, 0.25) is 0 Å². The second-order valence-corrected chi connectivity index (χ2v) is 5.50. The second-order valence-electron chi connectivity index (χ2n) is 4.64. The van der Waals surface area contributed by atoms with Gasteiger partial charge in [0.25, 0.3) is 11.6 Å². The molecule has 126 valence electrons. The smallest absolute Gasteiger partial charge is 0.286 e. The van der Waals surface area contributed by atoms with Gasteiger partial charge in [-0.05, 0) is 35.0 Å². The molecule has 0 radical (unpaired) electrons. The molecule has 0 saturated heterocycles. The van der Waals surface area contributed by atoms with Crippen LogP contribution in [0.4, 0.5) is 11.4 Å². The quantitative estimate of drug-likeness (QED) is 0.590. The maximum absolute atomic E-state index is 12.5.